The maximum atomic E-state index is 12.0. The molecule has 0 bridgehead atoms. The van der Waals surface area contributed by atoms with E-state index in [1.165, 1.54) is 33.5 Å². The number of carbonyl (C=O) groups is 1. The molecule has 2 heterocycles. The molecular formula is C26H31N3OS. The lowest BCUT2D eigenvalue weighted by atomic mass is 10.0. The van der Waals surface area contributed by atoms with Crippen molar-refractivity contribution in [1.29, 1.82) is 0 Å². The number of rotatable bonds is 6. The first-order chi connectivity index (χ1) is 14.9. The number of nitrogens with zero attached hydrogens (tertiary/aromatic N) is 3. The Labute approximate surface area is 188 Å². The second-order valence-corrected chi connectivity index (χ2v) is 9.41. The van der Waals surface area contributed by atoms with Gasteiger partial charge in [0.2, 0.25) is 5.91 Å². The summed E-state index contributed by atoms with van der Waals surface area (Å²) < 4.78 is 2.32. The molecule has 0 spiro atoms. The van der Waals surface area contributed by atoms with Gasteiger partial charge < -0.3 is 9.47 Å². The highest BCUT2D eigenvalue weighted by Gasteiger charge is 2.19. The molecule has 4 nitrogen and oxygen atoms in total. The van der Waals surface area contributed by atoms with Crippen LogP contribution in [0, 0.1) is 27.7 Å². The van der Waals surface area contributed by atoms with Crippen molar-refractivity contribution in [3.8, 4) is 11.3 Å². The van der Waals surface area contributed by atoms with E-state index in [0.29, 0.717) is 12.3 Å². The topological polar surface area (TPSA) is 37.6 Å². The van der Waals surface area contributed by atoms with Gasteiger partial charge in [0.15, 0.2) is 4.80 Å². The number of thiazole rings is 1. The van der Waals surface area contributed by atoms with E-state index in [9.17, 15) is 4.79 Å². The number of benzene rings is 2. The van der Waals surface area contributed by atoms with Crippen LogP contribution < -0.4 is 4.80 Å². The predicted molar refractivity (Wildman–Crippen MR) is 129 cm³/mol. The number of carbonyl (C=O) groups excluding carboxylic acids is 1. The van der Waals surface area contributed by atoms with Crippen LogP contribution in [0.4, 0.5) is 5.69 Å². The molecule has 0 saturated carbocycles. The predicted octanol–water partition coefficient (Wildman–Crippen LogP) is 5.70. The molecule has 31 heavy (non-hydrogen) atoms. The number of aromatic nitrogens is 1. The maximum Gasteiger partial charge on any atom is 0.222 e. The standard InChI is InChI=1S/C26H31N3OS/c1-18-8-10-22(15-20(18)3)24-17-31-26(27-23-11-9-19(2)21(4)16-23)29(24)14-6-13-28-12-5-7-25(28)30/h8-11,15-17H,5-7,12-14H2,1-4H3. The first kappa shape index (κ1) is 21.6. The maximum absolute atomic E-state index is 12.0. The molecule has 0 atom stereocenters. The molecule has 0 aliphatic carbocycles. The SMILES string of the molecule is Cc1ccc(N=c2scc(-c3ccc(C)c(C)c3)n2CCCN2CCCC2=O)cc1C. The van der Waals surface area contributed by atoms with Crippen molar-refractivity contribution in [3.05, 3.63) is 68.8 Å². The highest BCUT2D eigenvalue weighted by atomic mass is 32.1. The molecule has 0 unspecified atom stereocenters. The smallest absolute Gasteiger partial charge is 0.222 e. The Hall–Kier alpha value is -2.66. The number of likely N-dealkylation sites (tertiary alicyclic amines) is 1. The van der Waals surface area contributed by atoms with Crippen LogP contribution in [0.15, 0.2) is 46.8 Å². The van der Waals surface area contributed by atoms with Gasteiger partial charge in [-0.3, -0.25) is 4.79 Å². The summed E-state index contributed by atoms with van der Waals surface area (Å²) in [5.74, 6) is 0.296. The average molecular weight is 434 g/mol. The Morgan fingerprint density at radius 1 is 0.935 bits per heavy atom. The molecule has 162 valence electrons. The van der Waals surface area contributed by atoms with Gasteiger partial charge in [-0.25, -0.2) is 4.99 Å². The molecule has 1 aliphatic heterocycles. The molecule has 3 aromatic rings. The first-order valence-corrected chi connectivity index (χ1v) is 12.0. The number of aryl methyl sites for hydroxylation is 4. The number of hydrogen-bond donors (Lipinski definition) is 0. The summed E-state index contributed by atoms with van der Waals surface area (Å²) in [6.45, 7) is 11.1. The third-order valence-corrected chi connectivity index (χ3v) is 7.16. The lowest BCUT2D eigenvalue weighted by Gasteiger charge is -2.16. The number of hydrogen-bond acceptors (Lipinski definition) is 3. The zero-order valence-corrected chi connectivity index (χ0v) is 19.8. The largest absolute Gasteiger partial charge is 0.343 e. The van der Waals surface area contributed by atoms with Crippen molar-refractivity contribution in [1.82, 2.24) is 9.47 Å². The monoisotopic (exact) mass is 433 g/mol. The van der Waals surface area contributed by atoms with E-state index in [1.54, 1.807) is 11.3 Å². The molecule has 1 aliphatic rings. The van der Waals surface area contributed by atoms with E-state index in [-0.39, 0.29) is 0 Å². The summed E-state index contributed by atoms with van der Waals surface area (Å²) >= 11 is 1.68. The van der Waals surface area contributed by atoms with Gasteiger partial charge in [-0.2, -0.15) is 0 Å². The Kier molecular flexibility index (Phi) is 6.42. The summed E-state index contributed by atoms with van der Waals surface area (Å²) in [6, 6.07) is 13.0. The highest BCUT2D eigenvalue weighted by Crippen LogP contribution is 2.24. The minimum Gasteiger partial charge on any atom is -0.343 e. The van der Waals surface area contributed by atoms with Crippen LogP contribution in [-0.2, 0) is 11.3 Å². The van der Waals surface area contributed by atoms with E-state index < -0.39 is 0 Å². The van der Waals surface area contributed by atoms with Gasteiger partial charge in [-0.1, -0.05) is 18.2 Å². The zero-order valence-electron chi connectivity index (χ0n) is 18.9. The van der Waals surface area contributed by atoms with Crippen LogP contribution in [0.2, 0.25) is 0 Å². The first-order valence-electron chi connectivity index (χ1n) is 11.1. The second-order valence-electron chi connectivity index (χ2n) is 8.57. The van der Waals surface area contributed by atoms with Crippen LogP contribution in [0.3, 0.4) is 0 Å². The molecular weight excluding hydrogens is 402 g/mol. The summed E-state index contributed by atoms with van der Waals surface area (Å²) in [6.07, 6.45) is 2.62. The summed E-state index contributed by atoms with van der Waals surface area (Å²) in [4.78, 5) is 20.0. The van der Waals surface area contributed by atoms with Gasteiger partial charge in [0.25, 0.3) is 0 Å². The minimum atomic E-state index is 0.296. The molecule has 1 saturated heterocycles. The molecule has 0 radical (unpaired) electrons. The molecule has 1 amide bonds. The van der Waals surface area contributed by atoms with Crippen LogP contribution >= 0.6 is 11.3 Å². The Balaban J connectivity index is 1.69. The van der Waals surface area contributed by atoms with Gasteiger partial charge in [0.1, 0.15) is 0 Å². The Morgan fingerprint density at radius 2 is 1.68 bits per heavy atom. The second kappa shape index (κ2) is 9.23. The van der Waals surface area contributed by atoms with Gasteiger partial charge in [-0.05, 0) is 86.6 Å². The summed E-state index contributed by atoms with van der Waals surface area (Å²) in [7, 11) is 0. The highest BCUT2D eigenvalue weighted by molar-refractivity contribution is 7.07. The van der Waals surface area contributed by atoms with Gasteiger partial charge in [-0.15, -0.1) is 11.3 Å². The molecule has 2 aromatic carbocycles. The number of amides is 1. The molecule has 1 aromatic heterocycles. The fourth-order valence-electron chi connectivity index (χ4n) is 4.03. The van der Waals surface area contributed by atoms with Crippen molar-refractivity contribution in [2.45, 2.75) is 53.5 Å². The van der Waals surface area contributed by atoms with E-state index in [1.807, 2.05) is 4.90 Å². The van der Waals surface area contributed by atoms with E-state index in [4.69, 9.17) is 4.99 Å². The molecule has 5 heteroatoms. The molecule has 4 rings (SSSR count). The third kappa shape index (κ3) is 4.82. The van der Waals surface area contributed by atoms with Crippen LogP contribution in [-0.4, -0.2) is 28.5 Å². The Morgan fingerprint density at radius 3 is 2.35 bits per heavy atom. The lowest BCUT2D eigenvalue weighted by Crippen LogP contribution is -2.27. The normalized spacial score (nSPS) is 14.6. The zero-order chi connectivity index (χ0) is 22.0. The summed E-state index contributed by atoms with van der Waals surface area (Å²) in [5, 5.41) is 2.21. The van der Waals surface area contributed by atoms with Crippen LogP contribution in [0.5, 0.6) is 0 Å². The molecule has 1 fully saturated rings. The lowest BCUT2D eigenvalue weighted by molar-refractivity contribution is -0.127. The van der Waals surface area contributed by atoms with Crippen molar-refractivity contribution >= 4 is 22.9 Å². The summed E-state index contributed by atoms with van der Waals surface area (Å²) in [5.41, 5.74) is 8.54. The fraction of sp³-hybridized carbons (Fsp3) is 0.385. The third-order valence-electron chi connectivity index (χ3n) is 6.30. The van der Waals surface area contributed by atoms with Crippen molar-refractivity contribution in [2.75, 3.05) is 13.1 Å². The van der Waals surface area contributed by atoms with Gasteiger partial charge in [0, 0.05) is 31.4 Å². The average Bonchev–Trinajstić information content (AvgIpc) is 3.33. The Bertz CT molecular complexity index is 1170. The van der Waals surface area contributed by atoms with Gasteiger partial charge in [0.05, 0.1) is 11.4 Å². The van der Waals surface area contributed by atoms with E-state index in [0.717, 1.165) is 43.0 Å². The fourth-order valence-corrected chi connectivity index (χ4v) is 4.99. The minimum absolute atomic E-state index is 0.296. The van der Waals surface area contributed by atoms with Crippen molar-refractivity contribution in [2.24, 2.45) is 4.99 Å². The van der Waals surface area contributed by atoms with Crippen molar-refractivity contribution < 1.29 is 4.79 Å². The molecule has 0 N–H and O–H groups in total. The quantitative estimate of drug-likeness (QED) is 0.492. The van der Waals surface area contributed by atoms with Crippen LogP contribution in [0.25, 0.3) is 11.3 Å². The van der Waals surface area contributed by atoms with E-state index >= 15 is 0 Å². The van der Waals surface area contributed by atoms with Gasteiger partial charge >= 0.3 is 0 Å². The van der Waals surface area contributed by atoms with Crippen LogP contribution in [0.1, 0.15) is 41.5 Å². The van der Waals surface area contributed by atoms with Crippen molar-refractivity contribution in [3.63, 3.8) is 0 Å². The van der Waals surface area contributed by atoms with E-state index in [2.05, 4.69) is 74.0 Å².